The smallest absolute Gasteiger partial charge is 0.192 e. The molecule has 0 bridgehead atoms. The standard InChI is InChI=1S/C12H18N4S/c1-8(11-6-7-13-17-11)14-12-15-9-4-2-3-5-10(9)16-12/h6-10H,2-5H2,1H3,(H2,14,15,16)/t8?,9-,10-/m1/s1. The summed E-state index contributed by atoms with van der Waals surface area (Å²) in [5.41, 5.74) is 0. The second kappa shape index (κ2) is 4.64. The molecule has 1 aliphatic carbocycles. The van der Waals surface area contributed by atoms with Crippen LogP contribution in [-0.4, -0.2) is 22.4 Å². The molecular weight excluding hydrogens is 232 g/mol. The van der Waals surface area contributed by atoms with E-state index in [2.05, 4.69) is 28.0 Å². The molecule has 1 aliphatic heterocycles. The van der Waals surface area contributed by atoms with E-state index in [4.69, 9.17) is 4.99 Å². The Hall–Kier alpha value is -1.10. The minimum Gasteiger partial charge on any atom is -0.351 e. The Morgan fingerprint density at radius 3 is 3.12 bits per heavy atom. The van der Waals surface area contributed by atoms with Crippen LogP contribution in [-0.2, 0) is 0 Å². The fraction of sp³-hybridized carbons (Fsp3) is 0.667. The van der Waals surface area contributed by atoms with Crippen molar-refractivity contribution >= 4 is 17.5 Å². The monoisotopic (exact) mass is 250 g/mol. The van der Waals surface area contributed by atoms with E-state index in [0.717, 1.165) is 5.96 Å². The molecule has 0 aromatic carbocycles. The van der Waals surface area contributed by atoms with Gasteiger partial charge in [-0.05, 0) is 37.4 Å². The lowest BCUT2D eigenvalue weighted by molar-refractivity contribution is 0.384. The van der Waals surface area contributed by atoms with E-state index in [1.165, 1.54) is 30.6 Å². The first-order valence-electron chi connectivity index (χ1n) is 6.34. The molecule has 2 N–H and O–H groups in total. The molecule has 3 atom stereocenters. The third-order valence-corrected chi connectivity index (χ3v) is 4.51. The molecule has 0 spiro atoms. The summed E-state index contributed by atoms with van der Waals surface area (Å²) in [4.78, 5) is 5.99. The van der Waals surface area contributed by atoms with Crippen LogP contribution in [0.1, 0.15) is 43.5 Å². The molecule has 0 saturated heterocycles. The Bertz CT molecular complexity index is 401. The zero-order chi connectivity index (χ0) is 11.7. The maximum atomic E-state index is 4.74. The van der Waals surface area contributed by atoms with Crippen LogP contribution in [0.15, 0.2) is 17.3 Å². The highest BCUT2D eigenvalue weighted by Crippen LogP contribution is 2.25. The fourth-order valence-corrected chi connectivity index (χ4v) is 3.20. The van der Waals surface area contributed by atoms with Crippen LogP contribution in [0.3, 0.4) is 0 Å². The van der Waals surface area contributed by atoms with Gasteiger partial charge in [-0.1, -0.05) is 12.8 Å². The van der Waals surface area contributed by atoms with Gasteiger partial charge in [-0.3, -0.25) is 0 Å². The summed E-state index contributed by atoms with van der Waals surface area (Å²) in [7, 11) is 0. The first-order valence-corrected chi connectivity index (χ1v) is 7.12. The zero-order valence-electron chi connectivity index (χ0n) is 10.0. The van der Waals surface area contributed by atoms with E-state index in [1.54, 1.807) is 11.5 Å². The lowest BCUT2D eigenvalue weighted by Crippen LogP contribution is -2.42. The van der Waals surface area contributed by atoms with Crippen LogP contribution in [0, 0.1) is 0 Å². The van der Waals surface area contributed by atoms with Crippen molar-refractivity contribution in [3.8, 4) is 0 Å². The number of fused-ring (bicyclic) bond motifs is 1. The van der Waals surface area contributed by atoms with Crippen molar-refractivity contribution in [3.63, 3.8) is 0 Å². The van der Waals surface area contributed by atoms with Crippen LogP contribution in [0.4, 0.5) is 0 Å². The third kappa shape index (κ3) is 2.29. The average Bonchev–Trinajstić information content (AvgIpc) is 2.97. The quantitative estimate of drug-likeness (QED) is 0.844. The van der Waals surface area contributed by atoms with E-state index in [0.29, 0.717) is 12.1 Å². The number of nitrogens with zero attached hydrogens (tertiary/aromatic N) is 2. The number of hydrogen-bond acceptors (Lipinski definition) is 5. The third-order valence-electron chi connectivity index (χ3n) is 3.58. The van der Waals surface area contributed by atoms with E-state index in [1.807, 2.05) is 6.20 Å². The van der Waals surface area contributed by atoms with Gasteiger partial charge in [-0.25, -0.2) is 9.37 Å². The maximum absolute atomic E-state index is 4.74. The predicted molar refractivity (Wildman–Crippen MR) is 70.3 cm³/mol. The Balaban J connectivity index is 1.63. The van der Waals surface area contributed by atoms with Gasteiger partial charge in [-0.2, -0.15) is 0 Å². The zero-order valence-corrected chi connectivity index (χ0v) is 10.8. The van der Waals surface area contributed by atoms with E-state index in [-0.39, 0.29) is 6.04 Å². The lowest BCUT2D eigenvalue weighted by atomic mass is 9.92. The van der Waals surface area contributed by atoms with Gasteiger partial charge in [0, 0.05) is 11.1 Å². The van der Waals surface area contributed by atoms with Gasteiger partial charge in [0.1, 0.15) is 0 Å². The summed E-state index contributed by atoms with van der Waals surface area (Å²) in [6, 6.07) is 3.42. The van der Waals surface area contributed by atoms with Gasteiger partial charge in [-0.15, -0.1) is 0 Å². The topological polar surface area (TPSA) is 49.3 Å². The van der Waals surface area contributed by atoms with Crippen LogP contribution in [0.2, 0.25) is 0 Å². The number of nitrogens with one attached hydrogen (secondary N) is 2. The van der Waals surface area contributed by atoms with Crippen molar-refractivity contribution in [3.05, 3.63) is 17.1 Å². The first-order chi connectivity index (χ1) is 8.33. The minimum atomic E-state index is 0.286. The van der Waals surface area contributed by atoms with Crippen LogP contribution < -0.4 is 10.6 Å². The molecule has 0 amide bonds. The number of hydrogen-bond donors (Lipinski definition) is 2. The normalized spacial score (nSPS) is 29.1. The summed E-state index contributed by atoms with van der Waals surface area (Å²) in [5, 5.41) is 6.96. The largest absolute Gasteiger partial charge is 0.351 e. The van der Waals surface area contributed by atoms with E-state index >= 15 is 0 Å². The molecule has 1 saturated carbocycles. The summed E-state index contributed by atoms with van der Waals surface area (Å²) in [5.74, 6) is 0.975. The number of aromatic nitrogens is 1. The van der Waals surface area contributed by atoms with E-state index in [9.17, 15) is 0 Å². The molecule has 0 radical (unpaired) electrons. The SMILES string of the molecule is CC(NC1=N[C@@H]2CCCC[C@H]2N1)c1ccns1. The molecule has 2 heterocycles. The summed E-state index contributed by atoms with van der Waals surface area (Å²) < 4.78 is 4.13. The lowest BCUT2D eigenvalue weighted by Gasteiger charge is -2.23. The molecule has 1 fully saturated rings. The van der Waals surface area contributed by atoms with Crippen LogP contribution in [0.5, 0.6) is 0 Å². The Morgan fingerprint density at radius 2 is 2.35 bits per heavy atom. The van der Waals surface area contributed by atoms with Crippen LogP contribution >= 0.6 is 11.5 Å². The summed E-state index contributed by atoms with van der Waals surface area (Å²) in [6.07, 6.45) is 7.00. The molecule has 4 nitrogen and oxygen atoms in total. The molecule has 17 heavy (non-hydrogen) atoms. The predicted octanol–water partition coefficient (Wildman–Crippen LogP) is 2.06. The van der Waals surface area contributed by atoms with Crippen molar-refractivity contribution in [2.75, 3.05) is 0 Å². The van der Waals surface area contributed by atoms with Crippen molar-refractivity contribution < 1.29 is 0 Å². The van der Waals surface area contributed by atoms with Gasteiger partial charge >= 0.3 is 0 Å². The number of rotatable bonds is 2. The first kappa shape index (κ1) is 11.0. The minimum absolute atomic E-state index is 0.286. The molecule has 1 unspecified atom stereocenters. The molecule has 3 rings (SSSR count). The number of guanidine groups is 1. The second-order valence-electron chi connectivity index (χ2n) is 4.86. The van der Waals surface area contributed by atoms with E-state index < -0.39 is 0 Å². The van der Waals surface area contributed by atoms with Crippen molar-refractivity contribution in [2.45, 2.75) is 50.7 Å². The molecule has 5 heteroatoms. The highest BCUT2D eigenvalue weighted by molar-refractivity contribution is 7.05. The van der Waals surface area contributed by atoms with Crippen molar-refractivity contribution in [1.29, 1.82) is 0 Å². The Kier molecular flexibility index (Phi) is 3.01. The fourth-order valence-electron chi connectivity index (χ4n) is 2.62. The molecule has 2 aliphatic rings. The highest BCUT2D eigenvalue weighted by Gasteiger charge is 2.31. The molecule has 1 aromatic heterocycles. The molecule has 1 aromatic rings. The van der Waals surface area contributed by atoms with Gasteiger partial charge in [0.25, 0.3) is 0 Å². The Morgan fingerprint density at radius 1 is 1.47 bits per heavy atom. The summed E-state index contributed by atoms with van der Waals surface area (Å²) in [6.45, 7) is 2.15. The second-order valence-corrected chi connectivity index (χ2v) is 5.73. The van der Waals surface area contributed by atoms with Gasteiger partial charge in [0.05, 0.1) is 18.1 Å². The van der Waals surface area contributed by atoms with Crippen molar-refractivity contribution in [2.24, 2.45) is 4.99 Å². The van der Waals surface area contributed by atoms with Gasteiger partial charge in [0.15, 0.2) is 5.96 Å². The van der Waals surface area contributed by atoms with Crippen LogP contribution in [0.25, 0.3) is 0 Å². The van der Waals surface area contributed by atoms with Gasteiger partial charge < -0.3 is 10.6 Å². The van der Waals surface area contributed by atoms with Crippen molar-refractivity contribution in [1.82, 2.24) is 15.0 Å². The Labute approximate surface area is 106 Å². The average molecular weight is 250 g/mol. The maximum Gasteiger partial charge on any atom is 0.192 e. The highest BCUT2D eigenvalue weighted by atomic mass is 32.1. The van der Waals surface area contributed by atoms with Gasteiger partial charge in [0.2, 0.25) is 0 Å². The molecule has 92 valence electrons. The number of aliphatic imine (C=N–C) groups is 1. The summed E-state index contributed by atoms with van der Waals surface area (Å²) >= 11 is 1.54. The molecular formula is C12H18N4S.